The second-order valence-corrected chi connectivity index (χ2v) is 4.92. The van der Waals surface area contributed by atoms with Crippen LogP contribution < -0.4 is 9.47 Å². The van der Waals surface area contributed by atoms with Crippen LogP contribution in [0.15, 0.2) is 42.6 Å². The largest absolute Gasteiger partial charge is 0.496 e. The van der Waals surface area contributed by atoms with Gasteiger partial charge in [-0.05, 0) is 19.1 Å². The van der Waals surface area contributed by atoms with Crippen LogP contribution in [0.1, 0.15) is 28.9 Å². The number of hydrogen-bond acceptors (Lipinski definition) is 4. The van der Waals surface area contributed by atoms with Crippen LogP contribution in [-0.4, -0.2) is 37.1 Å². The Balaban J connectivity index is 2.21. The summed E-state index contributed by atoms with van der Waals surface area (Å²) >= 11 is 0. The van der Waals surface area contributed by atoms with Crippen LogP contribution in [0.4, 0.5) is 0 Å². The Morgan fingerprint density at radius 2 is 1.86 bits per heavy atom. The standard InChI is InChI=1S/C17H20N2O3/c1-12(14-7-5-6-8-15(14)21-3)19(2)17(20)13-9-10-16(22-4)18-11-13/h5-12H,1-4H3. The number of nitrogens with zero attached hydrogens (tertiary/aromatic N) is 2. The number of benzene rings is 1. The molecule has 22 heavy (non-hydrogen) atoms. The number of amides is 1. The van der Waals surface area contributed by atoms with Crippen LogP contribution in [0, 0.1) is 0 Å². The number of ether oxygens (including phenoxy) is 2. The first-order chi connectivity index (χ1) is 10.6. The average Bonchev–Trinajstić information content (AvgIpc) is 2.59. The topological polar surface area (TPSA) is 51.7 Å². The van der Waals surface area contributed by atoms with E-state index in [-0.39, 0.29) is 11.9 Å². The highest BCUT2D eigenvalue weighted by Gasteiger charge is 2.21. The first kappa shape index (κ1) is 15.8. The van der Waals surface area contributed by atoms with Crippen LogP contribution in [-0.2, 0) is 0 Å². The number of carbonyl (C=O) groups excluding carboxylic acids is 1. The van der Waals surface area contributed by atoms with Gasteiger partial charge in [-0.3, -0.25) is 4.79 Å². The number of carbonyl (C=O) groups is 1. The molecule has 0 bridgehead atoms. The summed E-state index contributed by atoms with van der Waals surface area (Å²) in [4.78, 5) is 18.3. The first-order valence-electron chi connectivity index (χ1n) is 6.98. The summed E-state index contributed by atoms with van der Waals surface area (Å²) in [6.45, 7) is 1.96. The second kappa shape index (κ2) is 6.93. The number of rotatable bonds is 5. The summed E-state index contributed by atoms with van der Waals surface area (Å²) in [6.07, 6.45) is 1.52. The van der Waals surface area contributed by atoms with Gasteiger partial charge in [-0.1, -0.05) is 18.2 Å². The van der Waals surface area contributed by atoms with Gasteiger partial charge in [-0.25, -0.2) is 4.98 Å². The molecule has 0 radical (unpaired) electrons. The molecule has 0 saturated carbocycles. The van der Waals surface area contributed by atoms with E-state index in [2.05, 4.69) is 4.98 Å². The molecule has 5 nitrogen and oxygen atoms in total. The smallest absolute Gasteiger partial charge is 0.255 e. The Labute approximate surface area is 130 Å². The Bertz CT molecular complexity index is 641. The quantitative estimate of drug-likeness (QED) is 0.852. The van der Waals surface area contributed by atoms with Gasteiger partial charge in [0.2, 0.25) is 5.88 Å². The number of pyridine rings is 1. The average molecular weight is 300 g/mol. The molecule has 1 amide bonds. The summed E-state index contributed by atoms with van der Waals surface area (Å²) < 4.78 is 10.4. The molecule has 0 aliphatic rings. The lowest BCUT2D eigenvalue weighted by atomic mass is 10.1. The van der Waals surface area contributed by atoms with Crippen molar-refractivity contribution in [2.45, 2.75) is 13.0 Å². The third kappa shape index (κ3) is 3.19. The molecule has 2 aromatic rings. The summed E-state index contributed by atoms with van der Waals surface area (Å²) in [5.41, 5.74) is 1.48. The molecule has 1 heterocycles. The number of aromatic nitrogens is 1. The lowest BCUT2D eigenvalue weighted by Gasteiger charge is -2.26. The monoisotopic (exact) mass is 300 g/mol. The highest BCUT2D eigenvalue weighted by atomic mass is 16.5. The van der Waals surface area contributed by atoms with Crippen molar-refractivity contribution in [2.75, 3.05) is 21.3 Å². The van der Waals surface area contributed by atoms with Gasteiger partial charge in [0.25, 0.3) is 5.91 Å². The SMILES string of the molecule is COc1ccc(C(=O)N(C)C(C)c2ccccc2OC)cn1. The van der Waals surface area contributed by atoms with Crippen molar-refractivity contribution in [3.63, 3.8) is 0 Å². The minimum Gasteiger partial charge on any atom is -0.496 e. The minimum atomic E-state index is -0.120. The molecule has 1 aromatic heterocycles. The molecule has 116 valence electrons. The fourth-order valence-corrected chi connectivity index (χ4v) is 2.23. The Hall–Kier alpha value is -2.56. The Kier molecular flexibility index (Phi) is 4.99. The predicted octanol–water partition coefficient (Wildman–Crippen LogP) is 2.93. The van der Waals surface area contributed by atoms with Crippen LogP contribution in [0.25, 0.3) is 0 Å². The normalized spacial score (nSPS) is 11.6. The first-order valence-corrected chi connectivity index (χ1v) is 6.98. The summed E-state index contributed by atoms with van der Waals surface area (Å²) in [5.74, 6) is 1.15. The molecule has 0 saturated heterocycles. The van der Waals surface area contributed by atoms with E-state index in [4.69, 9.17) is 9.47 Å². The van der Waals surface area contributed by atoms with Gasteiger partial charge in [-0.2, -0.15) is 0 Å². The minimum absolute atomic E-state index is 0.103. The van der Waals surface area contributed by atoms with Crippen molar-refractivity contribution in [1.82, 2.24) is 9.88 Å². The van der Waals surface area contributed by atoms with Gasteiger partial charge in [0, 0.05) is 24.9 Å². The van der Waals surface area contributed by atoms with Gasteiger partial charge in [0.05, 0.1) is 25.8 Å². The van der Waals surface area contributed by atoms with E-state index in [1.165, 1.54) is 6.20 Å². The molecule has 0 spiro atoms. The second-order valence-electron chi connectivity index (χ2n) is 4.92. The van der Waals surface area contributed by atoms with E-state index < -0.39 is 0 Å². The molecule has 1 unspecified atom stereocenters. The summed E-state index contributed by atoms with van der Waals surface area (Å²) in [7, 11) is 4.93. The van der Waals surface area contributed by atoms with Crippen LogP contribution in [0.3, 0.4) is 0 Å². The predicted molar refractivity (Wildman–Crippen MR) is 84.3 cm³/mol. The van der Waals surface area contributed by atoms with E-state index in [9.17, 15) is 4.79 Å². The van der Waals surface area contributed by atoms with Crippen molar-refractivity contribution in [1.29, 1.82) is 0 Å². The molecule has 1 aromatic carbocycles. The number of para-hydroxylation sites is 1. The van der Waals surface area contributed by atoms with E-state index >= 15 is 0 Å². The van der Waals surface area contributed by atoms with E-state index in [0.29, 0.717) is 11.4 Å². The fraction of sp³-hybridized carbons (Fsp3) is 0.294. The molecular formula is C17H20N2O3. The molecular weight excluding hydrogens is 280 g/mol. The van der Waals surface area contributed by atoms with Crippen LogP contribution in [0.2, 0.25) is 0 Å². The number of hydrogen-bond donors (Lipinski definition) is 0. The molecule has 0 N–H and O–H groups in total. The molecule has 0 aliphatic carbocycles. The zero-order valence-corrected chi connectivity index (χ0v) is 13.2. The Morgan fingerprint density at radius 1 is 1.14 bits per heavy atom. The van der Waals surface area contributed by atoms with Crippen LogP contribution >= 0.6 is 0 Å². The maximum Gasteiger partial charge on any atom is 0.255 e. The third-order valence-corrected chi connectivity index (χ3v) is 3.68. The van der Waals surface area contributed by atoms with Gasteiger partial charge >= 0.3 is 0 Å². The van der Waals surface area contributed by atoms with E-state index in [0.717, 1.165) is 11.3 Å². The van der Waals surface area contributed by atoms with E-state index in [1.54, 1.807) is 38.3 Å². The molecule has 2 rings (SSSR count). The van der Waals surface area contributed by atoms with Crippen LogP contribution in [0.5, 0.6) is 11.6 Å². The van der Waals surface area contributed by atoms with Crippen molar-refractivity contribution in [3.8, 4) is 11.6 Å². The fourth-order valence-electron chi connectivity index (χ4n) is 2.23. The highest BCUT2D eigenvalue weighted by Crippen LogP contribution is 2.28. The molecule has 0 aliphatic heterocycles. The van der Waals surface area contributed by atoms with Gasteiger partial charge < -0.3 is 14.4 Å². The zero-order valence-electron chi connectivity index (χ0n) is 13.2. The lowest BCUT2D eigenvalue weighted by Crippen LogP contribution is -2.30. The maximum atomic E-state index is 12.6. The van der Waals surface area contributed by atoms with Crippen molar-refractivity contribution in [2.24, 2.45) is 0 Å². The number of methoxy groups -OCH3 is 2. The van der Waals surface area contributed by atoms with Crippen molar-refractivity contribution >= 4 is 5.91 Å². The summed E-state index contributed by atoms with van der Waals surface area (Å²) in [6, 6.07) is 10.9. The van der Waals surface area contributed by atoms with Crippen molar-refractivity contribution in [3.05, 3.63) is 53.7 Å². The molecule has 0 fully saturated rings. The van der Waals surface area contributed by atoms with E-state index in [1.807, 2.05) is 31.2 Å². The van der Waals surface area contributed by atoms with Gasteiger partial charge in [0.15, 0.2) is 0 Å². The Morgan fingerprint density at radius 3 is 2.45 bits per heavy atom. The van der Waals surface area contributed by atoms with Crippen molar-refractivity contribution < 1.29 is 14.3 Å². The molecule has 1 atom stereocenters. The zero-order chi connectivity index (χ0) is 16.1. The highest BCUT2D eigenvalue weighted by molar-refractivity contribution is 5.94. The maximum absolute atomic E-state index is 12.6. The third-order valence-electron chi connectivity index (χ3n) is 3.68. The summed E-state index contributed by atoms with van der Waals surface area (Å²) in [5, 5.41) is 0. The molecule has 5 heteroatoms. The lowest BCUT2D eigenvalue weighted by molar-refractivity contribution is 0.0740. The van der Waals surface area contributed by atoms with Gasteiger partial charge in [0.1, 0.15) is 5.75 Å². The van der Waals surface area contributed by atoms with Gasteiger partial charge in [-0.15, -0.1) is 0 Å².